The molecule has 1 N–H and O–H groups in total. The molecule has 1 heterocycles. The lowest BCUT2D eigenvalue weighted by Gasteiger charge is -2.12. The SMILES string of the molecule is CCc1n(C[C@@H](O)COc2ccc(F)cc2)c2ccccc2[n+]1C. The first-order valence-corrected chi connectivity index (χ1v) is 8.12. The van der Waals surface area contributed by atoms with Crippen molar-refractivity contribution in [2.75, 3.05) is 6.61 Å². The third-order valence-corrected chi connectivity index (χ3v) is 4.20. The van der Waals surface area contributed by atoms with Crippen molar-refractivity contribution >= 4 is 11.0 Å². The average molecular weight is 329 g/mol. The molecule has 4 nitrogen and oxygen atoms in total. The number of aliphatic hydroxyl groups is 1. The number of halogens is 1. The van der Waals surface area contributed by atoms with Crippen LogP contribution in [0.3, 0.4) is 0 Å². The van der Waals surface area contributed by atoms with Crippen molar-refractivity contribution in [1.29, 1.82) is 0 Å². The van der Waals surface area contributed by atoms with Crippen LogP contribution in [-0.4, -0.2) is 22.4 Å². The van der Waals surface area contributed by atoms with Gasteiger partial charge in [0.1, 0.15) is 30.8 Å². The van der Waals surface area contributed by atoms with Crippen LogP contribution >= 0.6 is 0 Å². The van der Waals surface area contributed by atoms with E-state index in [0.717, 1.165) is 23.3 Å². The minimum atomic E-state index is -0.656. The Morgan fingerprint density at radius 3 is 2.58 bits per heavy atom. The highest BCUT2D eigenvalue weighted by molar-refractivity contribution is 5.72. The second-order valence-electron chi connectivity index (χ2n) is 5.85. The number of aryl methyl sites for hydroxylation is 1. The van der Waals surface area contributed by atoms with Crippen molar-refractivity contribution in [2.45, 2.75) is 26.0 Å². The normalized spacial score (nSPS) is 12.5. The maximum absolute atomic E-state index is 12.9. The summed E-state index contributed by atoms with van der Waals surface area (Å²) in [5.41, 5.74) is 2.23. The van der Waals surface area contributed by atoms with Gasteiger partial charge >= 0.3 is 0 Å². The molecule has 1 aromatic heterocycles. The van der Waals surface area contributed by atoms with Gasteiger partial charge in [-0.3, -0.25) is 0 Å². The molecule has 0 unspecified atom stereocenters. The Morgan fingerprint density at radius 1 is 1.17 bits per heavy atom. The summed E-state index contributed by atoms with van der Waals surface area (Å²) in [6.45, 7) is 2.71. The molecular weight excluding hydrogens is 307 g/mol. The van der Waals surface area contributed by atoms with E-state index in [1.165, 1.54) is 12.1 Å². The number of aliphatic hydroxyl groups excluding tert-OH is 1. The van der Waals surface area contributed by atoms with Gasteiger partial charge in [0.05, 0.1) is 7.05 Å². The maximum atomic E-state index is 12.9. The van der Waals surface area contributed by atoms with Crippen molar-refractivity contribution in [2.24, 2.45) is 7.05 Å². The van der Waals surface area contributed by atoms with E-state index in [4.69, 9.17) is 4.74 Å². The quantitative estimate of drug-likeness (QED) is 0.706. The van der Waals surface area contributed by atoms with Gasteiger partial charge in [0.2, 0.25) is 0 Å². The Labute approximate surface area is 140 Å². The van der Waals surface area contributed by atoms with Gasteiger partial charge < -0.3 is 9.84 Å². The number of aromatic nitrogens is 2. The third kappa shape index (κ3) is 3.26. The molecule has 0 radical (unpaired) electrons. The highest BCUT2D eigenvalue weighted by Gasteiger charge is 2.23. The van der Waals surface area contributed by atoms with Crippen LogP contribution in [0, 0.1) is 5.82 Å². The molecule has 0 saturated carbocycles. The molecule has 0 spiro atoms. The molecule has 5 heteroatoms. The van der Waals surface area contributed by atoms with Crippen LogP contribution in [0.5, 0.6) is 5.75 Å². The lowest BCUT2D eigenvalue weighted by molar-refractivity contribution is -0.653. The summed E-state index contributed by atoms with van der Waals surface area (Å²) in [5, 5.41) is 10.4. The zero-order valence-electron chi connectivity index (χ0n) is 13.9. The molecule has 3 aromatic rings. The zero-order chi connectivity index (χ0) is 17.1. The van der Waals surface area contributed by atoms with Crippen LogP contribution in [0.4, 0.5) is 4.39 Å². The van der Waals surface area contributed by atoms with Gasteiger partial charge in [-0.25, -0.2) is 13.5 Å². The monoisotopic (exact) mass is 329 g/mol. The van der Waals surface area contributed by atoms with Crippen molar-refractivity contribution < 1.29 is 18.8 Å². The fraction of sp³-hybridized carbons (Fsp3) is 0.316. The van der Waals surface area contributed by atoms with Crippen LogP contribution in [-0.2, 0) is 20.0 Å². The van der Waals surface area contributed by atoms with Crippen LogP contribution in [0.1, 0.15) is 12.7 Å². The Morgan fingerprint density at radius 2 is 1.88 bits per heavy atom. The molecule has 0 amide bonds. The highest BCUT2D eigenvalue weighted by atomic mass is 19.1. The number of ether oxygens (including phenoxy) is 1. The number of fused-ring (bicyclic) bond motifs is 1. The van der Waals surface area contributed by atoms with Gasteiger partial charge in [-0.1, -0.05) is 19.1 Å². The molecule has 0 aliphatic carbocycles. The number of rotatable bonds is 6. The van der Waals surface area contributed by atoms with E-state index in [1.54, 1.807) is 12.1 Å². The Balaban J connectivity index is 1.75. The van der Waals surface area contributed by atoms with Crippen molar-refractivity contribution in [3.63, 3.8) is 0 Å². The average Bonchev–Trinajstić information content (AvgIpc) is 2.86. The maximum Gasteiger partial charge on any atom is 0.256 e. The highest BCUT2D eigenvalue weighted by Crippen LogP contribution is 2.16. The third-order valence-electron chi connectivity index (χ3n) is 4.20. The minimum absolute atomic E-state index is 0.158. The lowest BCUT2D eigenvalue weighted by Crippen LogP contribution is -2.34. The van der Waals surface area contributed by atoms with E-state index >= 15 is 0 Å². The summed E-state index contributed by atoms with van der Waals surface area (Å²) < 4.78 is 22.7. The fourth-order valence-electron chi connectivity index (χ4n) is 3.05. The molecule has 0 aliphatic heterocycles. The predicted octanol–water partition coefficient (Wildman–Crippen LogP) is 2.61. The second kappa shape index (κ2) is 7.01. The molecule has 0 fully saturated rings. The largest absolute Gasteiger partial charge is 0.491 e. The van der Waals surface area contributed by atoms with Crippen molar-refractivity contribution in [3.05, 3.63) is 60.2 Å². The fourth-order valence-corrected chi connectivity index (χ4v) is 3.05. The molecule has 0 bridgehead atoms. The van der Waals surface area contributed by atoms with Crippen LogP contribution in [0.25, 0.3) is 11.0 Å². The zero-order valence-corrected chi connectivity index (χ0v) is 13.9. The number of para-hydroxylation sites is 2. The number of hydrogen-bond acceptors (Lipinski definition) is 2. The summed E-state index contributed by atoms with van der Waals surface area (Å²) in [7, 11) is 2.04. The topological polar surface area (TPSA) is 38.3 Å². The molecule has 3 rings (SSSR count). The minimum Gasteiger partial charge on any atom is -0.491 e. The van der Waals surface area contributed by atoms with Crippen LogP contribution in [0.2, 0.25) is 0 Å². The predicted molar refractivity (Wildman–Crippen MR) is 90.4 cm³/mol. The van der Waals surface area contributed by atoms with Gasteiger partial charge in [0.15, 0.2) is 11.0 Å². The first-order valence-electron chi connectivity index (χ1n) is 8.12. The molecular formula is C19H22FN2O2+. The molecule has 0 aliphatic rings. The van der Waals surface area contributed by atoms with Gasteiger partial charge in [-0.2, -0.15) is 0 Å². The van der Waals surface area contributed by atoms with Crippen LogP contribution in [0.15, 0.2) is 48.5 Å². The Kier molecular flexibility index (Phi) is 4.81. The van der Waals surface area contributed by atoms with E-state index < -0.39 is 6.10 Å². The number of nitrogens with zero attached hydrogens (tertiary/aromatic N) is 2. The Hall–Kier alpha value is -2.40. The molecule has 1 atom stereocenters. The van der Waals surface area contributed by atoms with Gasteiger partial charge in [-0.15, -0.1) is 0 Å². The number of hydrogen-bond donors (Lipinski definition) is 1. The summed E-state index contributed by atoms with van der Waals surface area (Å²) in [5.74, 6) is 1.40. The second-order valence-corrected chi connectivity index (χ2v) is 5.85. The summed E-state index contributed by atoms with van der Waals surface area (Å²) >= 11 is 0. The first kappa shape index (κ1) is 16.5. The van der Waals surface area contributed by atoms with E-state index in [1.807, 2.05) is 19.2 Å². The summed E-state index contributed by atoms with van der Waals surface area (Å²) in [6, 6.07) is 14.0. The van der Waals surface area contributed by atoms with E-state index in [-0.39, 0.29) is 12.4 Å². The van der Waals surface area contributed by atoms with Crippen molar-refractivity contribution in [1.82, 2.24) is 4.57 Å². The molecule has 126 valence electrons. The van der Waals surface area contributed by atoms with E-state index in [0.29, 0.717) is 12.3 Å². The summed E-state index contributed by atoms with van der Waals surface area (Å²) in [6.07, 6.45) is 0.215. The van der Waals surface area contributed by atoms with E-state index in [9.17, 15) is 9.50 Å². The first-order chi connectivity index (χ1) is 11.6. The molecule has 0 saturated heterocycles. The number of benzene rings is 2. The smallest absolute Gasteiger partial charge is 0.256 e. The lowest BCUT2D eigenvalue weighted by atomic mass is 10.3. The summed E-state index contributed by atoms with van der Waals surface area (Å²) in [4.78, 5) is 0. The van der Waals surface area contributed by atoms with E-state index in [2.05, 4.69) is 28.2 Å². The Bertz CT molecular complexity index is 827. The van der Waals surface area contributed by atoms with Gasteiger partial charge in [0, 0.05) is 6.42 Å². The van der Waals surface area contributed by atoms with Gasteiger partial charge in [0.25, 0.3) is 5.82 Å². The van der Waals surface area contributed by atoms with Crippen LogP contribution < -0.4 is 9.30 Å². The van der Waals surface area contributed by atoms with Gasteiger partial charge in [-0.05, 0) is 36.4 Å². The number of imidazole rings is 1. The van der Waals surface area contributed by atoms with Crippen molar-refractivity contribution in [3.8, 4) is 5.75 Å². The standard InChI is InChI=1S/C19H22FN2O2/c1-3-19-21(2)17-6-4-5-7-18(17)22(19)12-15(23)13-24-16-10-8-14(20)9-11-16/h4-11,15,23H,3,12-13H2,1-2H3/q+1/t15-/m1/s1. The molecule has 2 aromatic carbocycles. The molecule has 24 heavy (non-hydrogen) atoms.